The third-order valence-electron chi connectivity index (χ3n) is 3.89. The fourth-order valence-electron chi connectivity index (χ4n) is 2.44. The Morgan fingerprint density at radius 2 is 1.76 bits per heavy atom. The van der Waals surface area contributed by atoms with Gasteiger partial charge < -0.3 is 9.47 Å². The normalized spacial score (nSPS) is 10.5. The number of quaternary nitrogens is 1. The van der Waals surface area contributed by atoms with Gasteiger partial charge in [-0.05, 0) is 21.5 Å². The highest BCUT2D eigenvalue weighted by atomic mass is 79.9. The number of nitrogens with zero attached hydrogens (tertiary/aromatic N) is 1. The van der Waals surface area contributed by atoms with Crippen molar-refractivity contribution in [1.29, 1.82) is 5.26 Å². The van der Waals surface area contributed by atoms with Crippen molar-refractivity contribution in [3.8, 4) is 23.3 Å². The van der Waals surface area contributed by atoms with Crippen molar-refractivity contribution in [1.82, 2.24) is 0 Å². The Balaban J connectivity index is 2.00. The van der Waals surface area contributed by atoms with Gasteiger partial charge in [0.2, 0.25) is 17.3 Å². The second kappa shape index (κ2) is 8.96. The fraction of sp³-hybridized carbons (Fsp3) is 0.0500. The maximum absolute atomic E-state index is 14.4. The SMILES string of the molecule is N#Cc1cc(Oc2c(Br)cc([NH2+]O)c(F)c2F)c(OCc2ccccc2)cc1F. The molecule has 3 aromatic rings. The summed E-state index contributed by atoms with van der Waals surface area (Å²) in [6.07, 6.45) is 0. The van der Waals surface area contributed by atoms with Gasteiger partial charge >= 0.3 is 0 Å². The summed E-state index contributed by atoms with van der Waals surface area (Å²) in [6, 6.07) is 13.7. The number of benzene rings is 3. The first-order chi connectivity index (χ1) is 13.9. The first kappa shape index (κ1) is 20.7. The van der Waals surface area contributed by atoms with Crippen LogP contribution in [0.4, 0.5) is 18.9 Å². The second-order valence-electron chi connectivity index (χ2n) is 5.80. The molecule has 29 heavy (non-hydrogen) atoms. The van der Waals surface area contributed by atoms with Crippen LogP contribution in [0.5, 0.6) is 17.2 Å². The summed E-state index contributed by atoms with van der Waals surface area (Å²) in [4.78, 5) is 0. The molecule has 3 rings (SSSR count). The van der Waals surface area contributed by atoms with Gasteiger partial charge in [0.25, 0.3) is 0 Å². The molecule has 3 N–H and O–H groups in total. The quantitative estimate of drug-likeness (QED) is 0.314. The molecule has 0 spiro atoms. The third kappa shape index (κ3) is 4.51. The molecule has 0 aliphatic heterocycles. The van der Waals surface area contributed by atoms with Crippen LogP contribution in [0.3, 0.4) is 0 Å². The maximum atomic E-state index is 14.4. The Morgan fingerprint density at radius 3 is 2.41 bits per heavy atom. The average molecular weight is 466 g/mol. The number of nitrogens with two attached hydrogens (primary N) is 1. The van der Waals surface area contributed by atoms with E-state index < -0.39 is 23.2 Å². The van der Waals surface area contributed by atoms with Gasteiger partial charge in [0.05, 0.1) is 10.0 Å². The summed E-state index contributed by atoms with van der Waals surface area (Å²) >= 11 is 3.04. The lowest BCUT2D eigenvalue weighted by Crippen LogP contribution is -2.74. The van der Waals surface area contributed by atoms with Crippen molar-refractivity contribution in [2.24, 2.45) is 0 Å². The molecule has 0 unspecified atom stereocenters. The molecule has 0 aliphatic rings. The van der Waals surface area contributed by atoms with E-state index in [9.17, 15) is 13.2 Å². The Morgan fingerprint density at radius 1 is 1.03 bits per heavy atom. The van der Waals surface area contributed by atoms with Crippen LogP contribution in [0.25, 0.3) is 0 Å². The lowest BCUT2D eigenvalue weighted by Gasteiger charge is -2.15. The smallest absolute Gasteiger partial charge is 0.226 e. The van der Waals surface area contributed by atoms with E-state index in [0.717, 1.165) is 23.8 Å². The maximum Gasteiger partial charge on any atom is 0.226 e. The van der Waals surface area contributed by atoms with E-state index in [4.69, 9.17) is 19.9 Å². The molecule has 3 aromatic carbocycles. The molecule has 148 valence electrons. The molecular weight excluding hydrogens is 453 g/mol. The molecule has 0 heterocycles. The van der Waals surface area contributed by atoms with Crippen LogP contribution in [-0.2, 0) is 6.61 Å². The summed E-state index contributed by atoms with van der Waals surface area (Å²) in [7, 11) is 0. The van der Waals surface area contributed by atoms with Crippen LogP contribution in [-0.4, -0.2) is 5.21 Å². The average Bonchev–Trinajstić information content (AvgIpc) is 2.73. The van der Waals surface area contributed by atoms with Crippen molar-refractivity contribution in [3.05, 3.63) is 81.6 Å². The van der Waals surface area contributed by atoms with E-state index in [-0.39, 0.29) is 33.8 Å². The number of nitriles is 1. The zero-order chi connectivity index (χ0) is 21.0. The summed E-state index contributed by atoms with van der Waals surface area (Å²) in [5.74, 6) is -4.39. The minimum atomic E-state index is -1.38. The van der Waals surface area contributed by atoms with Gasteiger partial charge in [-0.15, -0.1) is 0 Å². The summed E-state index contributed by atoms with van der Waals surface area (Å²) < 4.78 is 53.5. The molecule has 0 amide bonds. The molecule has 0 saturated heterocycles. The van der Waals surface area contributed by atoms with Crippen LogP contribution < -0.4 is 15.0 Å². The lowest BCUT2D eigenvalue weighted by atomic mass is 10.2. The topological polar surface area (TPSA) is 79.1 Å². The molecule has 0 saturated carbocycles. The Hall–Kier alpha value is -3.06. The van der Waals surface area contributed by atoms with E-state index in [1.807, 2.05) is 6.07 Å². The Bertz CT molecular complexity index is 1090. The number of ether oxygens (including phenoxy) is 2. The first-order valence-electron chi connectivity index (χ1n) is 8.17. The highest BCUT2D eigenvalue weighted by molar-refractivity contribution is 9.10. The van der Waals surface area contributed by atoms with E-state index in [0.29, 0.717) is 5.48 Å². The van der Waals surface area contributed by atoms with Gasteiger partial charge in [-0.1, -0.05) is 30.3 Å². The Kier molecular flexibility index (Phi) is 6.39. The van der Waals surface area contributed by atoms with Crippen molar-refractivity contribution < 1.29 is 33.3 Å². The third-order valence-corrected chi connectivity index (χ3v) is 4.48. The predicted octanol–water partition coefficient (Wildman–Crippen LogP) is 4.69. The van der Waals surface area contributed by atoms with Gasteiger partial charge in [-0.3, -0.25) is 0 Å². The minimum absolute atomic E-state index is 0.00598. The highest BCUT2D eigenvalue weighted by Gasteiger charge is 2.23. The second-order valence-corrected chi connectivity index (χ2v) is 6.66. The van der Waals surface area contributed by atoms with E-state index >= 15 is 0 Å². The summed E-state index contributed by atoms with van der Waals surface area (Å²) in [5, 5.41) is 18.0. The fourth-order valence-corrected chi connectivity index (χ4v) is 2.94. The van der Waals surface area contributed by atoms with Crippen LogP contribution in [0, 0.1) is 28.8 Å². The zero-order valence-electron chi connectivity index (χ0n) is 14.6. The molecule has 0 radical (unpaired) electrons. The molecule has 9 heteroatoms. The van der Waals surface area contributed by atoms with Crippen LogP contribution in [0.2, 0.25) is 0 Å². The van der Waals surface area contributed by atoms with Crippen molar-refractivity contribution >= 4 is 21.6 Å². The molecule has 5 nitrogen and oxygen atoms in total. The van der Waals surface area contributed by atoms with Gasteiger partial charge in [-0.25, -0.2) is 9.60 Å². The van der Waals surface area contributed by atoms with E-state index in [2.05, 4.69) is 15.9 Å². The largest absolute Gasteiger partial charge is 0.485 e. The van der Waals surface area contributed by atoms with Crippen molar-refractivity contribution in [3.63, 3.8) is 0 Å². The van der Waals surface area contributed by atoms with E-state index in [1.165, 1.54) is 0 Å². The zero-order valence-corrected chi connectivity index (χ0v) is 16.2. The number of halogens is 4. The number of hydrogen-bond donors (Lipinski definition) is 2. The van der Waals surface area contributed by atoms with Crippen LogP contribution in [0.1, 0.15) is 11.1 Å². The molecule has 0 bridgehead atoms. The van der Waals surface area contributed by atoms with Crippen molar-refractivity contribution in [2.75, 3.05) is 0 Å². The molecule has 0 fully saturated rings. The van der Waals surface area contributed by atoms with Crippen LogP contribution >= 0.6 is 15.9 Å². The van der Waals surface area contributed by atoms with Gasteiger partial charge in [-0.2, -0.15) is 19.5 Å². The van der Waals surface area contributed by atoms with Gasteiger partial charge in [0.1, 0.15) is 18.5 Å². The summed E-state index contributed by atoms with van der Waals surface area (Å²) in [6.45, 7) is 0.0545. The predicted molar refractivity (Wildman–Crippen MR) is 99.4 cm³/mol. The van der Waals surface area contributed by atoms with Gasteiger partial charge in [0.15, 0.2) is 17.2 Å². The monoisotopic (exact) mass is 465 g/mol. The molecule has 0 atom stereocenters. The lowest BCUT2D eigenvalue weighted by molar-refractivity contribution is -0.826. The van der Waals surface area contributed by atoms with Crippen LogP contribution in [0.15, 0.2) is 53.0 Å². The summed E-state index contributed by atoms with van der Waals surface area (Å²) in [5.41, 5.74) is 0.445. The molecular formula is C20H13BrF3N2O3+. The molecule has 0 aliphatic carbocycles. The van der Waals surface area contributed by atoms with E-state index in [1.54, 1.807) is 30.3 Å². The number of hydrogen-bond acceptors (Lipinski definition) is 4. The Labute approximate surface area is 172 Å². The van der Waals surface area contributed by atoms with Crippen molar-refractivity contribution in [2.45, 2.75) is 6.61 Å². The standard InChI is InChI=1S/C20H12BrF3N2O3/c21-13-7-15(26-27)18(23)19(24)20(13)29-17-6-12(9-25)14(22)8-16(17)28-10-11-4-2-1-3-5-11/h1-8,26-27H,10H2/p+1. The number of rotatable bonds is 6. The first-order valence-corrected chi connectivity index (χ1v) is 8.97. The minimum Gasteiger partial charge on any atom is -0.485 e. The highest BCUT2D eigenvalue weighted by Crippen LogP contribution is 2.40. The van der Waals surface area contributed by atoms with Gasteiger partial charge in [0, 0.05) is 18.2 Å². The molecule has 0 aromatic heterocycles.